The molecule has 6 heteroatoms. The number of pyridine rings is 1. The Bertz CT molecular complexity index is 875. The first-order valence-electron chi connectivity index (χ1n) is 8.42. The minimum Gasteiger partial charge on any atom is -0.497 e. The van der Waals surface area contributed by atoms with Crippen molar-refractivity contribution in [3.63, 3.8) is 0 Å². The highest BCUT2D eigenvalue weighted by Gasteiger charge is 2.14. The molecule has 0 bridgehead atoms. The molecule has 0 atom stereocenters. The molecule has 0 unspecified atom stereocenters. The van der Waals surface area contributed by atoms with Crippen molar-refractivity contribution in [2.24, 2.45) is 0 Å². The fourth-order valence-electron chi connectivity index (χ4n) is 2.41. The first kappa shape index (κ1) is 17.7. The summed E-state index contributed by atoms with van der Waals surface area (Å²) in [5.41, 5.74) is 2.47. The summed E-state index contributed by atoms with van der Waals surface area (Å²) in [5, 5.41) is 6.66. The molecule has 6 nitrogen and oxygen atoms in total. The van der Waals surface area contributed by atoms with Crippen LogP contribution in [0.5, 0.6) is 5.75 Å². The Hall–Kier alpha value is -3.15. The summed E-state index contributed by atoms with van der Waals surface area (Å²) in [6.45, 7) is 6.22. The maximum atomic E-state index is 5.28. The molecule has 0 saturated heterocycles. The second-order valence-electron chi connectivity index (χ2n) is 6.94. The van der Waals surface area contributed by atoms with Gasteiger partial charge in [-0.05, 0) is 45.0 Å². The van der Waals surface area contributed by atoms with E-state index in [0.29, 0.717) is 11.8 Å². The minimum atomic E-state index is -0.152. The Morgan fingerprint density at radius 1 is 1.00 bits per heavy atom. The molecule has 1 aromatic carbocycles. The molecule has 0 aliphatic heterocycles. The van der Waals surface area contributed by atoms with Crippen LogP contribution in [-0.2, 0) is 0 Å². The van der Waals surface area contributed by atoms with Crippen molar-refractivity contribution >= 4 is 17.5 Å². The number of nitrogens with zero attached hydrogens (tertiary/aromatic N) is 3. The fraction of sp³-hybridized carbons (Fsp3) is 0.250. The van der Waals surface area contributed by atoms with E-state index in [1.54, 1.807) is 19.5 Å². The van der Waals surface area contributed by atoms with E-state index in [0.717, 1.165) is 22.7 Å². The molecule has 3 aromatic rings. The summed E-state index contributed by atoms with van der Waals surface area (Å²) < 4.78 is 5.28. The lowest BCUT2D eigenvalue weighted by Gasteiger charge is -2.21. The van der Waals surface area contributed by atoms with Crippen molar-refractivity contribution < 1.29 is 4.74 Å². The number of benzene rings is 1. The Morgan fingerprint density at radius 2 is 1.85 bits per heavy atom. The summed E-state index contributed by atoms with van der Waals surface area (Å²) in [4.78, 5) is 13.4. The van der Waals surface area contributed by atoms with Crippen LogP contribution in [0, 0.1) is 0 Å². The lowest BCUT2D eigenvalue weighted by molar-refractivity contribution is 0.415. The van der Waals surface area contributed by atoms with Gasteiger partial charge in [0, 0.05) is 41.3 Å². The number of anilines is 3. The molecule has 0 fully saturated rings. The fourth-order valence-corrected chi connectivity index (χ4v) is 2.41. The van der Waals surface area contributed by atoms with E-state index in [-0.39, 0.29) is 5.54 Å². The van der Waals surface area contributed by atoms with E-state index in [1.807, 2.05) is 42.5 Å². The third kappa shape index (κ3) is 4.69. The van der Waals surface area contributed by atoms with Crippen molar-refractivity contribution in [3.8, 4) is 17.0 Å². The molecular weight excluding hydrogens is 326 g/mol. The third-order valence-corrected chi connectivity index (χ3v) is 3.51. The van der Waals surface area contributed by atoms with Crippen molar-refractivity contribution in [3.05, 3.63) is 54.9 Å². The summed E-state index contributed by atoms with van der Waals surface area (Å²) in [5.74, 6) is 2.03. The van der Waals surface area contributed by atoms with Gasteiger partial charge in [0.2, 0.25) is 5.95 Å². The molecule has 0 aliphatic rings. The summed E-state index contributed by atoms with van der Waals surface area (Å²) in [6.07, 6.45) is 3.53. The highest BCUT2D eigenvalue weighted by Crippen LogP contribution is 2.25. The van der Waals surface area contributed by atoms with Crippen LogP contribution in [0.2, 0.25) is 0 Å². The van der Waals surface area contributed by atoms with Crippen molar-refractivity contribution in [2.75, 3.05) is 17.7 Å². The van der Waals surface area contributed by atoms with Gasteiger partial charge in [-0.15, -0.1) is 0 Å². The first-order valence-corrected chi connectivity index (χ1v) is 8.42. The molecular formula is C20H23N5O. The van der Waals surface area contributed by atoms with E-state index in [9.17, 15) is 0 Å². The van der Waals surface area contributed by atoms with Crippen molar-refractivity contribution in [1.82, 2.24) is 15.0 Å². The average molecular weight is 349 g/mol. The van der Waals surface area contributed by atoms with Crippen LogP contribution < -0.4 is 15.4 Å². The van der Waals surface area contributed by atoms with Gasteiger partial charge >= 0.3 is 0 Å². The van der Waals surface area contributed by atoms with Crippen LogP contribution in [-0.4, -0.2) is 27.6 Å². The van der Waals surface area contributed by atoms with Gasteiger partial charge in [-0.3, -0.25) is 4.98 Å². The summed E-state index contributed by atoms with van der Waals surface area (Å²) in [7, 11) is 1.65. The van der Waals surface area contributed by atoms with Gasteiger partial charge in [0.15, 0.2) is 0 Å². The zero-order chi connectivity index (χ0) is 18.6. The smallest absolute Gasteiger partial charge is 0.225 e. The van der Waals surface area contributed by atoms with Crippen LogP contribution in [0.4, 0.5) is 17.5 Å². The van der Waals surface area contributed by atoms with E-state index in [1.165, 1.54) is 0 Å². The van der Waals surface area contributed by atoms with Gasteiger partial charge in [-0.25, -0.2) is 4.98 Å². The van der Waals surface area contributed by atoms with Gasteiger partial charge in [0.05, 0.1) is 12.8 Å². The Labute approximate surface area is 153 Å². The Kier molecular flexibility index (Phi) is 5.02. The van der Waals surface area contributed by atoms with Gasteiger partial charge in [0.25, 0.3) is 0 Å². The zero-order valence-electron chi connectivity index (χ0n) is 15.4. The number of rotatable bonds is 5. The number of hydrogen-bond donors (Lipinski definition) is 2. The van der Waals surface area contributed by atoms with E-state index < -0.39 is 0 Å². The standard InChI is InChI=1S/C20H23N5O/c1-20(2,3)25-19-23-17(14-7-6-10-21-13-14)12-18(24-19)22-15-8-5-9-16(11-15)26-4/h5-13H,1-4H3,(H2,22,23,24,25). The third-order valence-electron chi connectivity index (χ3n) is 3.51. The summed E-state index contributed by atoms with van der Waals surface area (Å²) in [6, 6.07) is 13.5. The Balaban J connectivity index is 1.98. The van der Waals surface area contributed by atoms with E-state index >= 15 is 0 Å². The van der Waals surface area contributed by atoms with Crippen molar-refractivity contribution in [2.45, 2.75) is 26.3 Å². The predicted octanol–water partition coefficient (Wildman–Crippen LogP) is 4.50. The zero-order valence-corrected chi connectivity index (χ0v) is 15.4. The molecule has 134 valence electrons. The first-order chi connectivity index (χ1) is 12.4. The molecule has 0 spiro atoms. The SMILES string of the molecule is COc1cccc(Nc2cc(-c3cccnc3)nc(NC(C)(C)C)n2)c1. The van der Waals surface area contributed by atoms with Crippen molar-refractivity contribution in [1.29, 1.82) is 0 Å². The lowest BCUT2D eigenvalue weighted by atomic mass is 10.1. The number of methoxy groups -OCH3 is 1. The maximum absolute atomic E-state index is 5.28. The molecule has 0 radical (unpaired) electrons. The second-order valence-corrected chi connectivity index (χ2v) is 6.94. The van der Waals surface area contributed by atoms with Crippen LogP contribution >= 0.6 is 0 Å². The molecule has 0 saturated carbocycles. The van der Waals surface area contributed by atoms with Crippen LogP contribution in [0.1, 0.15) is 20.8 Å². The van der Waals surface area contributed by atoms with Gasteiger partial charge in [-0.2, -0.15) is 4.98 Å². The normalized spacial score (nSPS) is 11.1. The molecule has 2 heterocycles. The Morgan fingerprint density at radius 3 is 2.54 bits per heavy atom. The highest BCUT2D eigenvalue weighted by molar-refractivity contribution is 5.67. The lowest BCUT2D eigenvalue weighted by Crippen LogP contribution is -2.27. The number of ether oxygens (including phenoxy) is 1. The topological polar surface area (TPSA) is 72.0 Å². The highest BCUT2D eigenvalue weighted by atomic mass is 16.5. The van der Waals surface area contributed by atoms with E-state index in [4.69, 9.17) is 4.74 Å². The summed E-state index contributed by atoms with van der Waals surface area (Å²) >= 11 is 0. The number of nitrogens with one attached hydrogen (secondary N) is 2. The molecule has 2 N–H and O–H groups in total. The number of hydrogen-bond acceptors (Lipinski definition) is 6. The number of aromatic nitrogens is 3. The minimum absolute atomic E-state index is 0.152. The molecule has 0 amide bonds. The van der Waals surface area contributed by atoms with Gasteiger partial charge < -0.3 is 15.4 Å². The average Bonchev–Trinajstić information content (AvgIpc) is 2.61. The quantitative estimate of drug-likeness (QED) is 0.706. The monoisotopic (exact) mass is 349 g/mol. The molecule has 26 heavy (non-hydrogen) atoms. The van der Waals surface area contributed by atoms with E-state index in [2.05, 4.69) is 46.4 Å². The molecule has 3 rings (SSSR count). The molecule has 2 aromatic heterocycles. The maximum Gasteiger partial charge on any atom is 0.225 e. The molecule has 0 aliphatic carbocycles. The second kappa shape index (κ2) is 7.39. The van der Waals surface area contributed by atoms with Crippen LogP contribution in [0.15, 0.2) is 54.9 Å². The van der Waals surface area contributed by atoms with Gasteiger partial charge in [-0.1, -0.05) is 6.07 Å². The largest absolute Gasteiger partial charge is 0.497 e. The van der Waals surface area contributed by atoms with Crippen LogP contribution in [0.25, 0.3) is 11.3 Å². The predicted molar refractivity (Wildman–Crippen MR) is 105 cm³/mol. The van der Waals surface area contributed by atoms with Crippen LogP contribution in [0.3, 0.4) is 0 Å². The van der Waals surface area contributed by atoms with Gasteiger partial charge in [0.1, 0.15) is 11.6 Å².